The average Bonchev–Trinajstić information content (AvgIpc) is 2.28. The number of hydrogen-bond donors (Lipinski definition) is 0. The Hall–Kier alpha value is -1.15. The Morgan fingerprint density at radius 1 is 1.06 bits per heavy atom. The molecule has 2 aromatic rings. The molecule has 2 nitrogen and oxygen atoms in total. The molecule has 0 aliphatic rings. The van der Waals surface area contributed by atoms with Crippen LogP contribution in [0.2, 0.25) is 0 Å². The molecule has 0 radical (unpaired) electrons. The maximum atomic E-state index is 6.31. The molecule has 0 amide bonds. The van der Waals surface area contributed by atoms with Gasteiger partial charge in [0.2, 0.25) is 0 Å². The SMILES string of the molecule is CC(C)C(c1ncnc2ccccc12)C(C)Cl. The zero-order chi connectivity index (χ0) is 12.4. The lowest BCUT2D eigenvalue weighted by atomic mass is 9.87. The molecule has 0 fully saturated rings. The predicted octanol–water partition coefficient (Wildman–Crippen LogP) is 4.00. The summed E-state index contributed by atoms with van der Waals surface area (Å²) in [6, 6.07) is 8.09. The molecule has 17 heavy (non-hydrogen) atoms. The van der Waals surface area contributed by atoms with Gasteiger partial charge in [-0.1, -0.05) is 32.0 Å². The van der Waals surface area contributed by atoms with Crippen molar-refractivity contribution in [3.05, 3.63) is 36.3 Å². The van der Waals surface area contributed by atoms with E-state index in [2.05, 4.69) is 29.9 Å². The molecule has 1 heterocycles. The topological polar surface area (TPSA) is 25.8 Å². The summed E-state index contributed by atoms with van der Waals surface area (Å²) in [7, 11) is 0. The standard InChI is InChI=1S/C14H17ClN2/c1-9(2)13(10(3)15)14-11-6-4-5-7-12(11)16-8-17-14/h4-10,13H,1-3H3. The summed E-state index contributed by atoms with van der Waals surface area (Å²) in [6.45, 7) is 6.39. The van der Waals surface area contributed by atoms with E-state index >= 15 is 0 Å². The van der Waals surface area contributed by atoms with Crippen LogP contribution < -0.4 is 0 Å². The third-order valence-electron chi connectivity index (χ3n) is 3.10. The van der Waals surface area contributed by atoms with Gasteiger partial charge in [-0.3, -0.25) is 0 Å². The van der Waals surface area contributed by atoms with Crippen LogP contribution >= 0.6 is 11.6 Å². The fourth-order valence-electron chi connectivity index (χ4n) is 2.35. The largest absolute Gasteiger partial charge is 0.240 e. The molecule has 90 valence electrons. The quantitative estimate of drug-likeness (QED) is 0.768. The van der Waals surface area contributed by atoms with Crippen molar-refractivity contribution in [3.63, 3.8) is 0 Å². The van der Waals surface area contributed by atoms with Gasteiger partial charge in [-0.2, -0.15) is 0 Å². The molecule has 2 atom stereocenters. The zero-order valence-electron chi connectivity index (χ0n) is 10.4. The maximum Gasteiger partial charge on any atom is 0.116 e. The second-order valence-corrected chi connectivity index (χ2v) is 5.41. The van der Waals surface area contributed by atoms with Gasteiger partial charge in [0.25, 0.3) is 0 Å². The second kappa shape index (κ2) is 5.01. The Balaban J connectivity index is 2.61. The summed E-state index contributed by atoms with van der Waals surface area (Å²) in [5.74, 6) is 0.713. The molecule has 2 rings (SSSR count). The van der Waals surface area contributed by atoms with E-state index in [1.807, 2.05) is 25.1 Å². The number of fused-ring (bicyclic) bond motifs is 1. The molecule has 0 spiro atoms. The Morgan fingerprint density at radius 2 is 1.76 bits per heavy atom. The smallest absolute Gasteiger partial charge is 0.116 e. The fourth-order valence-corrected chi connectivity index (χ4v) is 2.77. The number of alkyl halides is 1. The lowest BCUT2D eigenvalue weighted by Crippen LogP contribution is -2.17. The number of hydrogen-bond acceptors (Lipinski definition) is 2. The molecule has 0 aliphatic heterocycles. The highest BCUT2D eigenvalue weighted by molar-refractivity contribution is 6.21. The van der Waals surface area contributed by atoms with Crippen molar-refractivity contribution in [2.75, 3.05) is 0 Å². The van der Waals surface area contributed by atoms with Crippen LogP contribution in [0.1, 0.15) is 32.4 Å². The van der Waals surface area contributed by atoms with Gasteiger partial charge >= 0.3 is 0 Å². The molecular weight excluding hydrogens is 232 g/mol. The number of halogens is 1. The first-order valence-electron chi connectivity index (χ1n) is 5.95. The minimum absolute atomic E-state index is 0.0632. The number of para-hydroxylation sites is 1. The summed E-state index contributed by atoms with van der Waals surface area (Å²) in [5.41, 5.74) is 2.05. The van der Waals surface area contributed by atoms with Gasteiger partial charge in [0, 0.05) is 16.7 Å². The minimum atomic E-state index is 0.0632. The summed E-state index contributed by atoms with van der Waals surface area (Å²) in [5, 5.41) is 1.18. The third-order valence-corrected chi connectivity index (χ3v) is 3.37. The molecule has 3 heteroatoms. The molecule has 1 aromatic carbocycles. The molecule has 0 N–H and O–H groups in total. The summed E-state index contributed by atoms with van der Waals surface area (Å²) in [4.78, 5) is 8.74. The van der Waals surface area contributed by atoms with E-state index in [1.54, 1.807) is 6.33 Å². The number of benzene rings is 1. The van der Waals surface area contributed by atoms with E-state index in [0.717, 1.165) is 16.6 Å². The molecule has 2 unspecified atom stereocenters. The predicted molar refractivity (Wildman–Crippen MR) is 72.4 cm³/mol. The van der Waals surface area contributed by atoms with Gasteiger partial charge in [0.05, 0.1) is 11.2 Å². The summed E-state index contributed by atoms with van der Waals surface area (Å²) < 4.78 is 0. The summed E-state index contributed by atoms with van der Waals surface area (Å²) in [6.07, 6.45) is 1.63. The van der Waals surface area contributed by atoms with Gasteiger partial charge in [0.15, 0.2) is 0 Å². The van der Waals surface area contributed by atoms with Crippen molar-refractivity contribution in [2.45, 2.75) is 32.1 Å². The van der Waals surface area contributed by atoms with Gasteiger partial charge < -0.3 is 0 Å². The van der Waals surface area contributed by atoms with E-state index < -0.39 is 0 Å². The molecule has 0 aliphatic carbocycles. The Bertz CT molecular complexity index is 495. The van der Waals surface area contributed by atoms with Crippen molar-refractivity contribution < 1.29 is 0 Å². The van der Waals surface area contributed by atoms with Gasteiger partial charge in [-0.05, 0) is 18.9 Å². The lowest BCUT2D eigenvalue weighted by molar-refractivity contribution is 0.483. The van der Waals surface area contributed by atoms with Crippen LogP contribution in [0.15, 0.2) is 30.6 Å². The van der Waals surface area contributed by atoms with Gasteiger partial charge in [-0.25, -0.2) is 9.97 Å². The van der Waals surface area contributed by atoms with E-state index in [0.29, 0.717) is 5.92 Å². The van der Waals surface area contributed by atoms with Crippen molar-refractivity contribution in [1.29, 1.82) is 0 Å². The van der Waals surface area contributed by atoms with Crippen LogP contribution in [0.3, 0.4) is 0 Å². The van der Waals surface area contributed by atoms with Gasteiger partial charge in [-0.15, -0.1) is 11.6 Å². The highest BCUT2D eigenvalue weighted by Gasteiger charge is 2.24. The average molecular weight is 249 g/mol. The van der Waals surface area contributed by atoms with E-state index in [4.69, 9.17) is 11.6 Å². The van der Waals surface area contributed by atoms with E-state index in [9.17, 15) is 0 Å². The highest BCUT2D eigenvalue weighted by atomic mass is 35.5. The molecule has 0 saturated carbocycles. The van der Waals surface area contributed by atoms with Crippen molar-refractivity contribution in [2.24, 2.45) is 5.92 Å². The minimum Gasteiger partial charge on any atom is -0.240 e. The first-order chi connectivity index (χ1) is 8.11. The Labute approximate surface area is 107 Å². The number of aromatic nitrogens is 2. The summed E-state index contributed by atoms with van der Waals surface area (Å²) >= 11 is 6.31. The monoisotopic (exact) mass is 248 g/mol. The van der Waals surface area contributed by atoms with Crippen LogP contribution in [0.25, 0.3) is 10.9 Å². The van der Waals surface area contributed by atoms with Crippen LogP contribution in [-0.2, 0) is 0 Å². The van der Waals surface area contributed by atoms with Crippen LogP contribution in [0.4, 0.5) is 0 Å². The van der Waals surface area contributed by atoms with Crippen LogP contribution in [0, 0.1) is 5.92 Å². The van der Waals surface area contributed by atoms with Gasteiger partial charge in [0.1, 0.15) is 6.33 Å². The Kier molecular flexibility index (Phi) is 3.63. The first-order valence-corrected chi connectivity index (χ1v) is 6.38. The third kappa shape index (κ3) is 2.42. The van der Waals surface area contributed by atoms with Crippen molar-refractivity contribution >= 4 is 22.5 Å². The fraction of sp³-hybridized carbons (Fsp3) is 0.429. The lowest BCUT2D eigenvalue weighted by Gasteiger charge is -2.23. The molecule has 0 bridgehead atoms. The van der Waals surface area contributed by atoms with Crippen molar-refractivity contribution in [3.8, 4) is 0 Å². The molecule has 0 saturated heterocycles. The zero-order valence-corrected chi connectivity index (χ0v) is 11.1. The normalized spacial score (nSPS) is 15.1. The van der Waals surface area contributed by atoms with Crippen LogP contribution in [-0.4, -0.2) is 15.3 Å². The Morgan fingerprint density at radius 3 is 2.41 bits per heavy atom. The van der Waals surface area contributed by atoms with Crippen molar-refractivity contribution in [1.82, 2.24) is 9.97 Å². The number of rotatable bonds is 3. The number of nitrogens with zero attached hydrogens (tertiary/aromatic N) is 2. The first kappa shape index (κ1) is 12.3. The molecular formula is C14H17ClN2. The molecule has 1 aromatic heterocycles. The van der Waals surface area contributed by atoms with Crippen LogP contribution in [0.5, 0.6) is 0 Å². The van der Waals surface area contributed by atoms with E-state index in [-0.39, 0.29) is 11.3 Å². The second-order valence-electron chi connectivity index (χ2n) is 4.72. The maximum absolute atomic E-state index is 6.31. The highest BCUT2D eigenvalue weighted by Crippen LogP contribution is 2.33. The van der Waals surface area contributed by atoms with E-state index in [1.165, 1.54) is 0 Å².